The summed E-state index contributed by atoms with van der Waals surface area (Å²) in [5, 5.41) is 11.8. The molecule has 1 aromatic heterocycles. The van der Waals surface area contributed by atoms with E-state index >= 15 is 0 Å². The van der Waals surface area contributed by atoms with Gasteiger partial charge in [0.2, 0.25) is 5.91 Å². The van der Waals surface area contributed by atoms with Crippen molar-refractivity contribution in [3.8, 4) is 0 Å². The molecule has 0 unspecified atom stereocenters. The lowest BCUT2D eigenvalue weighted by atomic mass is 10.2. The van der Waals surface area contributed by atoms with Gasteiger partial charge in [-0.2, -0.15) is 0 Å². The minimum atomic E-state index is -0.00538. The molecule has 0 spiro atoms. The SMILES string of the molecule is CCCNC(=O)CN(CCO)Cc1cccnc1. The van der Waals surface area contributed by atoms with E-state index in [1.165, 1.54) is 0 Å². The highest BCUT2D eigenvalue weighted by Gasteiger charge is 2.10. The normalized spacial score (nSPS) is 10.6. The van der Waals surface area contributed by atoms with Gasteiger partial charge in [0.15, 0.2) is 0 Å². The second-order valence-electron chi connectivity index (χ2n) is 4.15. The Morgan fingerprint density at radius 3 is 3.00 bits per heavy atom. The molecule has 0 aromatic carbocycles. The second kappa shape index (κ2) is 8.60. The van der Waals surface area contributed by atoms with Crippen LogP contribution in [0.5, 0.6) is 0 Å². The molecule has 18 heavy (non-hydrogen) atoms. The Morgan fingerprint density at radius 2 is 2.39 bits per heavy atom. The van der Waals surface area contributed by atoms with Gasteiger partial charge in [0, 0.05) is 32.0 Å². The lowest BCUT2D eigenvalue weighted by Crippen LogP contribution is -2.38. The molecule has 1 aromatic rings. The fraction of sp³-hybridized carbons (Fsp3) is 0.538. The molecule has 100 valence electrons. The monoisotopic (exact) mass is 251 g/mol. The molecule has 1 amide bonds. The lowest BCUT2D eigenvalue weighted by molar-refractivity contribution is -0.122. The van der Waals surface area contributed by atoms with Crippen LogP contribution < -0.4 is 5.32 Å². The molecule has 0 fully saturated rings. The van der Waals surface area contributed by atoms with Gasteiger partial charge in [-0.05, 0) is 18.1 Å². The number of hydrogen-bond donors (Lipinski definition) is 2. The number of nitrogens with one attached hydrogen (secondary N) is 1. The summed E-state index contributed by atoms with van der Waals surface area (Å²) in [6, 6.07) is 3.82. The quantitative estimate of drug-likeness (QED) is 0.702. The summed E-state index contributed by atoms with van der Waals surface area (Å²) < 4.78 is 0. The van der Waals surface area contributed by atoms with Crippen molar-refractivity contribution >= 4 is 5.91 Å². The van der Waals surface area contributed by atoms with E-state index in [0.717, 1.165) is 12.0 Å². The zero-order chi connectivity index (χ0) is 13.2. The molecular weight excluding hydrogens is 230 g/mol. The predicted octanol–water partition coefficient (Wildman–Crippen LogP) is 0.402. The lowest BCUT2D eigenvalue weighted by Gasteiger charge is -2.20. The van der Waals surface area contributed by atoms with E-state index in [1.54, 1.807) is 12.4 Å². The predicted molar refractivity (Wildman–Crippen MR) is 69.9 cm³/mol. The molecule has 2 N–H and O–H groups in total. The van der Waals surface area contributed by atoms with Gasteiger partial charge in [-0.3, -0.25) is 14.7 Å². The average molecular weight is 251 g/mol. The van der Waals surface area contributed by atoms with Crippen molar-refractivity contribution in [1.82, 2.24) is 15.2 Å². The van der Waals surface area contributed by atoms with Crippen LogP contribution in [-0.4, -0.2) is 47.1 Å². The van der Waals surface area contributed by atoms with Crippen molar-refractivity contribution in [1.29, 1.82) is 0 Å². The van der Waals surface area contributed by atoms with Crippen molar-refractivity contribution in [2.24, 2.45) is 0 Å². The largest absolute Gasteiger partial charge is 0.395 e. The molecule has 1 rings (SSSR count). The Balaban J connectivity index is 2.46. The number of pyridine rings is 1. The van der Waals surface area contributed by atoms with Crippen LogP contribution in [0.25, 0.3) is 0 Å². The number of aliphatic hydroxyl groups is 1. The molecule has 5 nitrogen and oxygen atoms in total. The summed E-state index contributed by atoms with van der Waals surface area (Å²) in [5.74, 6) is -0.00538. The molecule has 0 aliphatic carbocycles. The molecule has 5 heteroatoms. The van der Waals surface area contributed by atoms with Gasteiger partial charge >= 0.3 is 0 Å². The maximum atomic E-state index is 11.6. The van der Waals surface area contributed by atoms with Crippen molar-refractivity contribution in [3.05, 3.63) is 30.1 Å². The number of nitrogens with zero attached hydrogens (tertiary/aromatic N) is 2. The number of amides is 1. The number of carbonyl (C=O) groups is 1. The van der Waals surface area contributed by atoms with Crippen molar-refractivity contribution < 1.29 is 9.90 Å². The molecule has 0 saturated carbocycles. The van der Waals surface area contributed by atoms with Crippen LogP contribution in [0.3, 0.4) is 0 Å². The average Bonchev–Trinajstić information content (AvgIpc) is 2.38. The molecule has 0 radical (unpaired) electrons. The van der Waals surface area contributed by atoms with Crippen molar-refractivity contribution in [2.75, 3.05) is 26.2 Å². The fourth-order valence-corrected chi connectivity index (χ4v) is 1.63. The molecule has 0 saturated heterocycles. The standard InChI is InChI=1S/C13H21N3O2/c1-2-5-15-13(18)11-16(7-8-17)10-12-4-3-6-14-9-12/h3-4,6,9,17H,2,5,7-8,10-11H2,1H3,(H,15,18). The minimum absolute atomic E-state index is 0.00538. The Kier molecular flexibility index (Phi) is 6.98. The first-order valence-corrected chi connectivity index (χ1v) is 6.25. The number of hydrogen-bond acceptors (Lipinski definition) is 4. The van der Waals surface area contributed by atoms with Gasteiger partial charge < -0.3 is 10.4 Å². The van der Waals surface area contributed by atoms with E-state index in [9.17, 15) is 4.79 Å². The number of rotatable bonds is 8. The zero-order valence-corrected chi connectivity index (χ0v) is 10.8. The van der Waals surface area contributed by atoms with Gasteiger partial charge in [0.1, 0.15) is 0 Å². The zero-order valence-electron chi connectivity index (χ0n) is 10.8. The topological polar surface area (TPSA) is 65.5 Å². The van der Waals surface area contributed by atoms with E-state index in [-0.39, 0.29) is 12.5 Å². The van der Waals surface area contributed by atoms with Crippen molar-refractivity contribution in [2.45, 2.75) is 19.9 Å². The molecule has 0 aliphatic rings. The third kappa shape index (κ3) is 5.75. The third-order valence-corrected chi connectivity index (χ3v) is 2.48. The van der Waals surface area contributed by atoms with Crippen LogP contribution in [0.15, 0.2) is 24.5 Å². The molecular formula is C13H21N3O2. The summed E-state index contributed by atoms with van der Waals surface area (Å²) >= 11 is 0. The molecule has 0 aliphatic heterocycles. The Hall–Kier alpha value is -1.46. The van der Waals surface area contributed by atoms with Crippen LogP contribution in [-0.2, 0) is 11.3 Å². The van der Waals surface area contributed by atoms with Gasteiger partial charge in [0.25, 0.3) is 0 Å². The highest BCUT2D eigenvalue weighted by molar-refractivity contribution is 5.77. The van der Waals surface area contributed by atoms with Gasteiger partial charge in [-0.1, -0.05) is 13.0 Å². The first kappa shape index (κ1) is 14.6. The molecule has 1 heterocycles. The number of aromatic nitrogens is 1. The van der Waals surface area contributed by atoms with Crippen LogP contribution in [0, 0.1) is 0 Å². The Labute approximate surface area is 108 Å². The molecule has 0 bridgehead atoms. The van der Waals surface area contributed by atoms with Gasteiger partial charge in [-0.15, -0.1) is 0 Å². The van der Waals surface area contributed by atoms with E-state index in [1.807, 2.05) is 24.0 Å². The second-order valence-corrected chi connectivity index (χ2v) is 4.15. The minimum Gasteiger partial charge on any atom is -0.395 e. The third-order valence-electron chi connectivity index (χ3n) is 2.48. The smallest absolute Gasteiger partial charge is 0.234 e. The van der Waals surface area contributed by atoms with E-state index in [2.05, 4.69) is 10.3 Å². The van der Waals surface area contributed by atoms with Gasteiger partial charge in [-0.25, -0.2) is 0 Å². The van der Waals surface area contributed by atoms with E-state index in [0.29, 0.717) is 26.2 Å². The summed E-state index contributed by atoms with van der Waals surface area (Å²) in [5.41, 5.74) is 1.04. The Bertz CT molecular complexity index is 343. The van der Waals surface area contributed by atoms with E-state index in [4.69, 9.17) is 5.11 Å². The summed E-state index contributed by atoms with van der Waals surface area (Å²) in [4.78, 5) is 17.6. The van der Waals surface area contributed by atoms with Crippen molar-refractivity contribution in [3.63, 3.8) is 0 Å². The van der Waals surface area contributed by atoms with Gasteiger partial charge in [0.05, 0.1) is 13.2 Å². The summed E-state index contributed by atoms with van der Waals surface area (Å²) in [6.07, 6.45) is 4.41. The van der Waals surface area contributed by atoms with Crippen LogP contribution >= 0.6 is 0 Å². The Morgan fingerprint density at radius 1 is 1.56 bits per heavy atom. The highest BCUT2D eigenvalue weighted by atomic mass is 16.3. The van der Waals surface area contributed by atoms with Crippen LogP contribution in [0.1, 0.15) is 18.9 Å². The highest BCUT2D eigenvalue weighted by Crippen LogP contribution is 2.02. The maximum absolute atomic E-state index is 11.6. The number of carbonyl (C=O) groups excluding carboxylic acids is 1. The van der Waals surface area contributed by atoms with E-state index < -0.39 is 0 Å². The fourth-order valence-electron chi connectivity index (χ4n) is 1.63. The number of aliphatic hydroxyl groups excluding tert-OH is 1. The summed E-state index contributed by atoms with van der Waals surface area (Å²) in [7, 11) is 0. The first-order chi connectivity index (χ1) is 8.76. The maximum Gasteiger partial charge on any atom is 0.234 e. The molecule has 0 atom stereocenters. The first-order valence-electron chi connectivity index (χ1n) is 6.25. The summed E-state index contributed by atoms with van der Waals surface area (Å²) in [6.45, 7) is 4.15. The van der Waals surface area contributed by atoms with Crippen LogP contribution in [0.4, 0.5) is 0 Å². The van der Waals surface area contributed by atoms with Crippen LogP contribution in [0.2, 0.25) is 0 Å².